The lowest BCUT2D eigenvalue weighted by atomic mass is 10.2. The fourth-order valence-electron chi connectivity index (χ4n) is 2.20. The molecule has 0 aliphatic rings. The highest BCUT2D eigenvalue weighted by Gasteiger charge is 2.17. The Kier molecular flexibility index (Phi) is 6.89. The molecule has 0 saturated carbocycles. The molecule has 27 heavy (non-hydrogen) atoms. The molecular weight excluding hydrogens is 388 g/mol. The second-order valence-corrected chi connectivity index (χ2v) is 9.43. The first kappa shape index (κ1) is 20.8. The fraction of sp³-hybridized carbons (Fsp3) is 0.167. The topological polar surface area (TPSA) is 109 Å². The van der Waals surface area contributed by atoms with Crippen LogP contribution in [-0.4, -0.2) is 41.6 Å². The van der Waals surface area contributed by atoms with Crippen molar-refractivity contribution in [3.05, 3.63) is 72.8 Å². The number of nitrogens with one attached hydrogen (secondary N) is 2. The van der Waals surface area contributed by atoms with E-state index in [0.29, 0.717) is 0 Å². The Bertz CT molecular complexity index is 1020. The molecule has 144 valence electrons. The standard InChI is InChI=1S/C18H20N2O5S2/c1-2-11-20-27(24,25)17-10-6-7-15(14-17)18(21)19-12-13-26(22,23)16-8-4-3-5-9-16/h2-10,14,20H,1,11-13H2,(H,19,21). The van der Waals surface area contributed by atoms with Crippen LogP contribution in [0.1, 0.15) is 10.4 Å². The van der Waals surface area contributed by atoms with E-state index in [4.69, 9.17) is 0 Å². The van der Waals surface area contributed by atoms with Crippen LogP contribution in [0.3, 0.4) is 0 Å². The normalized spacial score (nSPS) is 11.7. The molecule has 1 amide bonds. The van der Waals surface area contributed by atoms with Crippen molar-refractivity contribution in [3.8, 4) is 0 Å². The van der Waals surface area contributed by atoms with Crippen LogP contribution in [0, 0.1) is 0 Å². The molecule has 0 radical (unpaired) electrons. The SMILES string of the molecule is C=CCNS(=O)(=O)c1cccc(C(=O)NCCS(=O)(=O)c2ccccc2)c1. The molecule has 0 atom stereocenters. The van der Waals surface area contributed by atoms with Crippen LogP contribution in [0.15, 0.2) is 77.0 Å². The highest BCUT2D eigenvalue weighted by atomic mass is 32.2. The Morgan fingerprint density at radius 2 is 1.63 bits per heavy atom. The number of sulfonamides is 1. The Morgan fingerprint density at radius 1 is 0.963 bits per heavy atom. The third-order valence-corrected chi connectivity index (χ3v) is 6.74. The Balaban J connectivity index is 2.03. The third-order valence-electron chi connectivity index (χ3n) is 3.58. The second-order valence-electron chi connectivity index (χ2n) is 5.56. The second kappa shape index (κ2) is 8.94. The zero-order chi connectivity index (χ0) is 19.9. The van der Waals surface area contributed by atoms with E-state index in [1.807, 2.05) is 0 Å². The van der Waals surface area contributed by atoms with E-state index in [0.717, 1.165) is 0 Å². The number of benzene rings is 2. The van der Waals surface area contributed by atoms with Crippen molar-refractivity contribution in [3.63, 3.8) is 0 Å². The summed E-state index contributed by atoms with van der Waals surface area (Å²) in [5.74, 6) is -0.819. The first-order chi connectivity index (χ1) is 12.8. The molecule has 0 fully saturated rings. The van der Waals surface area contributed by atoms with Gasteiger partial charge in [0.15, 0.2) is 9.84 Å². The Labute approximate surface area is 159 Å². The lowest BCUT2D eigenvalue weighted by Crippen LogP contribution is -2.29. The molecule has 2 rings (SSSR count). The molecule has 0 aliphatic carbocycles. The lowest BCUT2D eigenvalue weighted by molar-refractivity contribution is 0.0956. The van der Waals surface area contributed by atoms with Crippen LogP contribution in [0.4, 0.5) is 0 Å². The highest BCUT2D eigenvalue weighted by molar-refractivity contribution is 7.91. The lowest BCUT2D eigenvalue weighted by Gasteiger charge is -2.09. The van der Waals surface area contributed by atoms with E-state index in [-0.39, 0.29) is 34.2 Å². The number of sulfone groups is 1. The third kappa shape index (κ3) is 5.75. The number of hydrogen-bond donors (Lipinski definition) is 2. The van der Waals surface area contributed by atoms with E-state index in [1.54, 1.807) is 18.2 Å². The maximum absolute atomic E-state index is 12.2. The number of carbonyl (C=O) groups is 1. The minimum Gasteiger partial charge on any atom is -0.351 e. The molecule has 2 N–H and O–H groups in total. The summed E-state index contributed by atoms with van der Waals surface area (Å²) in [5.41, 5.74) is 0.119. The smallest absolute Gasteiger partial charge is 0.251 e. The predicted molar refractivity (Wildman–Crippen MR) is 103 cm³/mol. The van der Waals surface area contributed by atoms with Crippen LogP contribution >= 0.6 is 0 Å². The zero-order valence-electron chi connectivity index (χ0n) is 14.5. The molecular formula is C18H20N2O5S2. The van der Waals surface area contributed by atoms with Gasteiger partial charge in [-0.25, -0.2) is 21.6 Å². The Morgan fingerprint density at radius 3 is 2.30 bits per heavy atom. The van der Waals surface area contributed by atoms with E-state index in [9.17, 15) is 21.6 Å². The van der Waals surface area contributed by atoms with Gasteiger partial charge in [0, 0.05) is 18.7 Å². The van der Waals surface area contributed by atoms with Gasteiger partial charge in [-0.2, -0.15) is 0 Å². The van der Waals surface area contributed by atoms with Gasteiger partial charge < -0.3 is 5.32 Å². The van der Waals surface area contributed by atoms with Gasteiger partial charge in [-0.05, 0) is 30.3 Å². The molecule has 2 aromatic carbocycles. The number of carbonyl (C=O) groups excluding carboxylic acids is 1. The summed E-state index contributed by atoms with van der Waals surface area (Å²) in [7, 11) is -7.27. The van der Waals surface area contributed by atoms with Crippen LogP contribution in [0.25, 0.3) is 0 Å². The van der Waals surface area contributed by atoms with Crippen molar-refractivity contribution in [1.29, 1.82) is 0 Å². The highest BCUT2D eigenvalue weighted by Crippen LogP contribution is 2.12. The van der Waals surface area contributed by atoms with E-state index in [1.165, 1.54) is 42.5 Å². The molecule has 0 heterocycles. The number of hydrogen-bond acceptors (Lipinski definition) is 5. The molecule has 0 unspecified atom stereocenters. The molecule has 7 nitrogen and oxygen atoms in total. The first-order valence-electron chi connectivity index (χ1n) is 8.03. The van der Waals surface area contributed by atoms with Crippen molar-refractivity contribution in [2.45, 2.75) is 9.79 Å². The largest absolute Gasteiger partial charge is 0.351 e. The quantitative estimate of drug-likeness (QED) is 0.609. The maximum atomic E-state index is 12.2. The summed E-state index contributed by atoms with van der Waals surface area (Å²) >= 11 is 0. The minimum absolute atomic E-state index is 0.0612. The van der Waals surface area contributed by atoms with Crippen LogP contribution < -0.4 is 10.0 Å². The molecule has 0 saturated heterocycles. The van der Waals surface area contributed by atoms with Gasteiger partial charge in [-0.1, -0.05) is 30.3 Å². The van der Waals surface area contributed by atoms with E-state index in [2.05, 4.69) is 16.6 Å². The van der Waals surface area contributed by atoms with Gasteiger partial charge in [0.1, 0.15) is 0 Å². The van der Waals surface area contributed by atoms with Crippen LogP contribution in [0.2, 0.25) is 0 Å². The molecule has 9 heteroatoms. The molecule has 0 aliphatic heterocycles. The van der Waals surface area contributed by atoms with Crippen molar-refractivity contribution < 1.29 is 21.6 Å². The maximum Gasteiger partial charge on any atom is 0.251 e. The first-order valence-corrected chi connectivity index (χ1v) is 11.2. The summed E-state index contributed by atoms with van der Waals surface area (Å²) in [6, 6.07) is 13.4. The predicted octanol–water partition coefficient (Wildman–Crippen LogP) is 1.35. The molecule has 2 aromatic rings. The van der Waals surface area contributed by atoms with Crippen LogP contribution in [-0.2, 0) is 19.9 Å². The van der Waals surface area contributed by atoms with E-state index < -0.39 is 25.8 Å². The summed E-state index contributed by atoms with van der Waals surface area (Å²) in [4.78, 5) is 12.3. The van der Waals surface area contributed by atoms with Crippen molar-refractivity contribution in [2.75, 3.05) is 18.8 Å². The van der Waals surface area contributed by atoms with Gasteiger partial charge in [-0.15, -0.1) is 6.58 Å². The van der Waals surface area contributed by atoms with Crippen molar-refractivity contribution >= 4 is 25.8 Å². The van der Waals surface area contributed by atoms with Gasteiger partial charge in [-0.3, -0.25) is 4.79 Å². The molecule has 0 bridgehead atoms. The van der Waals surface area contributed by atoms with Gasteiger partial charge in [0.05, 0.1) is 15.5 Å². The van der Waals surface area contributed by atoms with Crippen LogP contribution in [0.5, 0.6) is 0 Å². The van der Waals surface area contributed by atoms with Gasteiger partial charge in [0.25, 0.3) is 5.91 Å². The fourth-order valence-corrected chi connectivity index (χ4v) is 4.43. The average Bonchev–Trinajstić information content (AvgIpc) is 2.67. The summed E-state index contributed by atoms with van der Waals surface area (Å²) < 4.78 is 50.9. The summed E-state index contributed by atoms with van der Waals surface area (Å²) in [5, 5.41) is 2.50. The summed E-state index contributed by atoms with van der Waals surface area (Å²) in [6.45, 7) is 3.41. The zero-order valence-corrected chi connectivity index (χ0v) is 16.1. The van der Waals surface area contributed by atoms with Gasteiger partial charge in [0.2, 0.25) is 10.0 Å². The number of amides is 1. The number of rotatable bonds is 9. The molecule has 0 spiro atoms. The molecule has 0 aromatic heterocycles. The van der Waals surface area contributed by atoms with Crippen molar-refractivity contribution in [1.82, 2.24) is 10.0 Å². The monoisotopic (exact) mass is 408 g/mol. The average molecular weight is 409 g/mol. The minimum atomic E-state index is -3.76. The summed E-state index contributed by atoms with van der Waals surface area (Å²) in [6.07, 6.45) is 1.40. The Hall–Kier alpha value is -2.49. The van der Waals surface area contributed by atoms with Gasteiger partial charge >= 0.3 is 0 Å². The van der Waals surface area contributed by atoms with Crippen molar-refractivity contribution in [2.24, 2.45) is 0 Å². The van der Waals surface area contributed by atoms with E-state index >= 15 is 0 Å².